The number of ether oxygens (including phenoxy) is 1. The summed E-state index contributed by atoms with van der Waals surface area (Å²) in [5, 5.41) is 0. The molecule has 28 heavy (non-hydrogen) atoms. The molecule has 0 atom stereocenters. The molecule has 0 spiro atoms. The van der Waals surface area contributed by atoms with E-state index in [0.717, 1.165) is 18.4 Å². The van der Waals surface area contributed by atoms with Gasteiger partial charge in [0.05, 0.1) is 4.90 Å². The Bertz CT molecular complexity index is 1050. The third-order valence-corrected chi connectivity index (χ3v) is 4.57. The van der Waals surface area contributed by atoms with Crippen molar-refractivity contribution in [2.45, 2.75) is 11.8 Å². The van der Waals surface area contributed by atoms with Gasteiger partial charge in [-0.05, 0) is 55.0 Å². The Morgan fingerprint density at radius 2 is 1.64 bits per heavy atom. The zero-order valence-corrected chi connectivity index (χ0v) is 15.8. The van der Waals surface area contributed by atoms with Gasteiger partial charge >= 0.3 is 0 Å². The minimum absolute atomic E-state index is 0.0437. The van der Waals surface area contributed by atoms with E-state index in [1.54, 1.807) is 0 Å². The molecule has 0 radical (unpaired) electrons. The van der Waals surface area contributed by atoms with Crippen molar-refractivity contribution in [3.63, 3.8) is 0 Å². The van der Waals surface area contributed by atoms with Crippen LogP contribution in [-0.4, -0.2) is 26.5 Å². The summed E-state index contributed by atoms with van der Waals surface area (Å²) in [7, 11) is -3.40. The number of guanidine groups is 1. The van der Waals surface area contributed by atoms with E-state index in [4.69, 9.17) is 16.2 Å². The molecule has 0 aliphatic heterocycles. The van der Waals surface area contributed by atoms with Crippen molar-refractivity contribution in [3.05, 3.63) is 59.2 Å². The van der Waals surface area contributed by atoms with E-state index in [-0.39, 0.29) is 21.8 Å². The summed E-state index contributed by atoms with van der Waals surface area (Å²) in [6.45, 7) is 1.39. The molecule has 0 fully saturated rings. The van der Waals surface area contributed by atoms with Crippen LogP contribution in [0.2, 0.25) is 0 Å². The molecule has 148 valence electrons. The second-order valence-electron chi connectivity index (χ2n) is 5.83. The topological polar surface area (TPSA) is 125 Å². The second-order valence-corrected chi connectivity index (χ2v) is 7.84. The highest BCUT2D eigenvalue weighted by Gasteiger charge is 2.15. The van der Waals surface area contributed by atoms with Crippen LogP contribution in [0.1, 0.15) is 12.5 Å². The summed E-state index contributed by atoms with van der Waals surface area (Å²) in [4.78, 5) is 15.0. The van der Waals surface area contributed by atoms with Gasteiger partial charge in [-0.25, -0.2) is 17.2 Å². The van der Waals surface area contributed by atoms with Crippen molar-refractivity contribution in [3.8, 4) is 11.5 Å². The molecule has 0 unspecified atom stereocenters. The highest BCUT2D eigenvalue weighted by Crippen LogP contribution is 2.30. The van der Waals surface area contributed by atoms with Crippen LogP contribution < -0.4 is 16.2 Å². The van der Waals surface area contributed by atoms with Crippen LogP contribution in [0.4, 0.5) is 8.78 Å². The smallest absolute Gasteiger partial charge is 0.275 e. The van der Waals surface area contributed by atoms with Crippen LogP contribution >= 0.6 is 0 Å². The monoisotopic (exact) mass is 409 g/mol. The maximum absolute atomic E-state index is 14.3. The van der Waals surface area contributed by atoms with Crippen molar-refractivity contribution >= 4 is 27.8 Å². The standard InChI is InChI=1S/C18H17F2N3O4S/c1-10(17(24)23-18(21)22)7-11-8-14(19)16(15(20)9-11)27-12-3-5-13(6-4-12)28(2,25)26/h3-9H,1-2H3,(H4,21,22,23,24)/b10-7+. The Labute approximate surface area is 160 Å². The molecule has 2 rings (SSSR count). The number of hydrogen-bond acceptors (Lipinski definition) is 4. The lowest BCUT2D eigenvalue weighted by Gasteiger charge is -2.09. The van der Waals surface area contributed by atoms with Crippen LogP contribution in [0.15, 0.2) is 51.9 Å². The molecule has 0 saturated carbocycles. The van der Waals surface area contributed by atoms with Crippen LogP contribution in [-0.2, 0) is 14.6 Å². The summed E-state index contributed by atoms with van der Waals surface area (Å²) in [5.41, 5.74) is 10.3. The average molecular weight is 409 g/mol. The first-order valence-corrected chi connectivity index (χ1v) is 9.66. The summed E-state index contributed by atoms with van der Waals surface area (Å²) in [5.74, 6) is -3.82. The normalized spacial score (nSPS) is 11.8. The average Bonchev–Trinajstić information content (AvgIpc) is 2.57. The predicted octanol–water partition coefficient (Wildman–Crippen LogP) is 2.36. The Balaban J connectivity index is 2.29. The third kappa shape index (κ3) is 5.36. The minimum atomic E-state index is -3.40. The molecule has 2 aromatic rings. The molecule has 7 nitrogen and oxygen atoms in total. The second kappa shape index (κ2) is 8.17. The Morgan fingerprint density at radius 3 is 2.11 bits per heavy atom. The summed E-state index contributed by atoms with van der Waals surface area (Å²) >= 11 is 0. The van der Waals surface area contributed by atoms with Gasteiger partial charge in [-0.3, -0.25) is 4.79 Å². The Hall–Kier alpha value is -3.27. The number of aliphatic imine (C=N–C) groups is 1. The van der Waals surface area contributed by atoms with Crippen LogP contribution in [0, 0.1) is 11.6 Å². The van der Waals surface area contributed by atoms with Crippen LogP contribution in [0.5, 0.6) is 11.5 Å². The van der Waals surface area contributed by atoms with Crippen molar-refractivity contribution in [2.24, 2.45) is 16.5 Å². The van der Waals surface area contributed by atoms with Gasteiger partial charge < -0.3 is 16.2 Å². The molecule has 0 bridgehead atoms. The van der Waals surface area contributed by atoms with Crippen LogP contribution in [0.3, 0.4) is 0 Å². The largest absolute Gasteiger partial charge is 0.451 e. The quantitative estimate of drug-likeness (QED) is 0.444. The fourth-order valence-electron chi connectivity index (χ4n) is 2.15. The van der Waals surface area contributed by atoms with E-state index in [1.165, 1.54) is 37.3 Å². The minimum Gasteiger partial charge on any atom is -0.451 e. The molecule has 0 saturated heterocycles. The molecule has 0 aromatic heterocycles. The molecular weight excluding hydrogens is 392 g/mol. The van der Waals surface area contributed by atoms with Crippen molar-refractivity contribution in [2.75, 3.05) is 6.26 Å². The van der Waals surface area contributed by atoms with E-state index >= 15 is 0 Å². The van der Waals surface area contributed by atoms with Gasteiger partial charge in [-0.1, -0.05) is 0 Å². The van der Waals surface area contributed by atoms with Gasteiger partial charge in [0, 0.05) is 11.8 Å². The number of carbonyl (C=O) groups is 1. The highest BCUT2D eigenvalue weighted by atomic mass is 32.2. The van der Waals surface area contributed by atoms with Crippen molar-refractivity contribution in [1.29, 1.82) is 0 Å². The maximum Gasteiger partial charge on any atom is 0.275 e. The highest BCUT2D eigenvalue weighted by molar-refractivity contribution is 7.90. The van der Waals surface area contributed by atoms with Gasteiger partial charge in [0.15, 0.2) is 33.2 Å². The number of rotatable bonds is 5. The molecule has 1 amide bonds. The fourth-order valence-corrected chi connectivity index (χ4v) is 2.78. The first kappa shape index (κ1) is 21.0. The van der Waals surface area contributed by atoms with E-state index < -0.39 is 39.1 Å². The van der Waals surface area contributed by atoms with Crippen LogP contribution in [0.25, 0.3) is 6.08 Å². The number of halogens is 2. The number of benzene rings is 2. The number of amides is 1. The molecule has 4 N–H and O–H groups in total. The molecule has 0 aliphatic rings. The number of nitrogens with two attached hydrogens (primary N) is 2. The predicted molar refractivity (Wildman–Crippen MR) is 100 cm³/mol. The van der Waals surface area contributed by atoms with Crippen molar-refractivity contribution < 1.29 is 26.7 Å². The molecule has 0 aliphatic carbocycles. The molecular formula is C18H17F2N3O4S. The number of hydrogen-bond donors (Lipinski definition) is 2. The van der Waals surface area contributed by atoms with E-state index in [1.807, 2.05) is 0 Å². The SMILES string of the molecule is C/C(=C\c1cc(F)c(Oc2ccc(S(C)(=O)=O)cc2)c(F)c1)C(=O)N=C(N)N. The van der Waals surface area contributed by atoms with Gasteiger partial charge in [0.2, 0.25) is 0 Å². The van der Waals surface area contributed by atoms with Gasteiger partial charge in [0.1, 0.15) is 5.75 Å². The first-order valence-electron chi connectivity index (χ1n) is 7.76. The van der Waals surface area contributed by atoms with E-state index in [0.29, 0.717) is 0 Å². The van der Waals surface area contributed by atoms with E-state index in [2.05, 4.69) is 4.99 Å². The zero-order chi connectivity index (χ0) is 21.1. The Kier molecular flexibility index (Phi) is 6.14. The number of sulfone groups is 1. The summed E-state index contributed by atoms with van der Waals surface area (Å²) in [6, 6.07) is 7.01. The lowest BCUT2D eigenvalue weighted by Crippen LogP contribution is -2.24. The lowest BCUT2D eigenvalue weighted by molar-refractivity contribution is -0.114. The van der Waals surface area contributed by atoms with Gasteiger partial charge in [-0.15, -0.1) is 0 Å². The number of nitrogens with zero attached hydrogens (tertiary/aromatic N) is 1. The lowest BCUT2D eigenvalue weighted by atomic mass is 10.1. The van der Waals surface area contributed by atoms with Crippen molar-refractivity contribution in [1.82, 2.24) is 0 Å². The number of carbonyl (C=O) groups excluding carboxylic acids is 1. The maximum atomic E-state index is 14.3. The molecule has 2 aromatic carbocycles. The summed E-state index contributed by atoms with van der Waals surface area (Å²) in [6.07, 6.45) is 2.25. The Morgan fingerprint density at radius 1 is 1.11 bits per heavy atom. The summed E-state index contributed by atoms with van der Waals surface area (Å²) < 4.78 is 56.6. The van der Waals surface area contributed by atoms with Gasteiger partial charge in [0.25, 0.3) is 5.91 Å². The molecule has 10 heteroatoms. The third-order valence-electron chi connectivity index (χ3n) is 3.44. The first-order chi connectivity index (χ1) is 13.0. The fraction of sp³-hybridized carbons (Fsp3) is 0.111. The van der Waals surface area contributed by atoms with Gasteiger partial charge in [-0.2, -0.15) is 4.99 Å². The molecule has 0 heterocycles. The zero-order valence-electron chi connectivity index (χ0n) is 14.9. The van der Waals surface area contributed by atoms with E-state index in [9.17, 15) is 22.0 Å².